The Morgan fingerprint density at radius 2 is 1.77 bits per heavy atom. The van der Waals surface area contributed by atoms with E-state index in [4.69, 9.17) is 9.47 Å². The van der Waals surface area contributed by atoms with Crippen molar-refractivity contribution < 1.29 is 18.7 Å². The van der Waals surface area contributed by atoms with Gasteiger partial charge in [-0.1, -0.05) is 18.2 Å². The van der Waals surface area contributed by atoms with E-state index in [2.05, 4.69) is 39.4 Å². The Kier molecular flexibility index (Phi) is 6.49. The number of amides is 1. The molecule has 1 fully saturated rings. The van der Waals surface area contributed by atoms with Gasteiger partial charge in [0.2, 0.25) is 5.91 Å². The van der Waals surface area contributed by atoms with E-state index in [1.165, 1.54) is 12.1 Å². The topological polar surface area (TPSA) is 54.0 Å². The van der Waals surface area contributed by atoms with Gasteiger partial charge in [-0.3, -0.25) is 4.79 Å². The molecule has 1 saturated heterocycles. The second-order valence-electron chi connectivity index (χ2n) is 9.06. The Morgan fingerprint density at radius 1 is 1.00 bits per heavy atom. The number of benzene rings is 3. The smallest absolute Gasteiger partial charge is 0.225 e. The van der Waals surface area contributed by atoms with Crippen LogP contribution in [0.1, 0.15) is 11.1 Å². The first-order valence-corrected chi connectivity index (χ1v) is 11.9. The van der Waals surface area contributed by atoms with Crippen LogP contribution in [0.25, 0.3) is 0 Å². The highest BCUT2D eigenvalue weighted by atomic mass is 19.1. The van der Waals surface area contributed by atoms with Crippen LogP contribution < -0.4 is 24.6 Å². The van der Waals surface area contributed by atoms with Crippen LogP contribution in [0.4, 0.5) is 15.8 Å². The number of ether oxygens (including phenoxy) is 2. The molecule has 3 aromatic carbocycles. The average molecular weight is 476 g/mol. The zero-order valence-corrected chi connectivity index (χ0v) is 20.0. The first-order chi connectivity index (χ1) is 17.1. The number of nitrogens with zero attached hydrogens (tertiary/aromatic N) is 2. The van der Waals surface area contributed by atoms with Gasteiger partial charge < -0.3 is 24.6 Å². The van der Waals surface area contributed by atoms with Crippen LogP contribution in [0, 0.1) is 11.7 Å². The normalized spacial score (nSPS) is 18.9. The molecule has 182 valence electrons. The van der Waals surface area contributed by atoms with Crippen molar-refractivity contribution in [2.75, 3.05) is 43.7 Å². The predicted octanol–water partition coefficient (Wildman–Crippen LogP) is 4.03. The van der Waals surface area contributed by atoms with Crippen LogP contribution in [0.5, 0.6) is 11.5 Å². The largest absolute Gasteiger partial charge is 0.497 e. The highest BCUT2D eigenvalue weighted by Crippen LogP contribution is 2.39. The first-order valence-electron chi connectivity index (χ1n) is 11.9. The number of hydrogen-bond donors (Lipinski definition) is 1. The van der Waals surface area contributed by atoms with Gasteiger partial charge in [-0.2, -0.15) is 0 Å². The summed E-state index contributed by atoms with van der Waals surface area (Å²) in [4.78, 5) is 18.2. The molecule has 2 atom stereocenters. The quantitative estimate of drug-likeness (QED) is 0.584. The second-order valence-corrected chi connectivity index (χ2v) is 9.06. The van der Waals surface area contributed by atoms with E-state index in [1.807, 2.05) is 24.3 Å². The van der Waals surface area contributed by atoms with Crippen LogP contribution in [0.15, 0.2) is 66.7 Å². The minimum atomic E-state index is -0.300. The highest BCUT2D eigenvalue weighted by Gasteiger charge is 2.41. The summed E-state index contributed by atoms with van der Waals surface area (Å²) in [5.74, 6) is 1.09. The van der Waals surface area contributed by atoms with Crippen molar-refractivity contribution >= 4 is 17.3 Å². The van der Waals surface area contributed by atoms with Crippen molar-refractivity contribution in [2.24, 2.45) is 5.92 Å². The third-order valence-electron chi connectivity index (χ3n) is 7.05. The van der Waals surface area contributed by atoms with Crippen LogP contribution >= 0.6 is 0 Å². The lowest BCUT2D eigenvalue weighted by Gasteiger charge is -2.49. The molecule has 0 unspecified atom stereocenters. The summed E-state index contributed by atoms with van der Waals surface area (Å²) in [5.41, 5.74) is 4.14. The fraction of sp³-hybridized carbons (Fsp3) is 0.321. The lowest BCUT2D eigenvalue weighted by atomic mass is 9.83. The number of nitrogens with one attached hydrogen (secondary N) is 1. The Balaban J connectivity index is 1.40. The number of piperazine rings is 1. The Bertz CT molecular complexity index is 1200. The molecule has 0 saturated carbocycles. The second kappa shape index (κ2) is 9.86. The number of hydrogen-bond acceptors (Lipinski definition) is 5. The van der Waals surface area contributed by atoms with E-state index < -0.39 is 0 Å². The Labute approximate surface area is 205 Å². The Hall–Kier alpha value is -3.74. The number of rotatable bonds is 6. The molecule has 0 spiro atoms. The zero-order chi connectivity index (χ0) is 24.4. The van der Waals surface area contributed by atoms with Gasteiger partial charge in [0.15, 0.2) is 0 Å². The van der Waals surface area contributed by atoms with Crippen molar-refractivity contribution in [1.82, 2.24) is 5.32 Å². The van der Waals surface area contributed by atoms with Gasteiger partial charge in [-0.25, -0.2) is 4.39 Å². The molecule has 0 aliphatic carbocycles. The molecule has 2 aliphatic rings. The zero-order valence-electron chi connectivity index (χ0n) is 20.0. The van der Waals surface area contributed by atoms with Gasteiger partial charge in [0.25, 0.3) is 0 Å². The van der Waals surface area contributed by atoms with E-state index in [9.17, 15) is 9.18 Å². The van der Waals surface area contributed by atoms with Crippen LogP contribution in [-0.2, 0) is 17.8 Å². The summed E-state index contributed by atoms with van der Waals surface area (Å²) in [6, 6.07) is 20.5. The molecular formula is C28H30FN3O3. The minimum Gasteiger partial charge on any atom is -0.497 e. The first kappa shape index (κ1) is 23.0. The molecule has 2 aliphatic heterocycles. The van der Waals surface area contributed by atoms with E-state index in [-0.39, 0.29) is 23.7 Å². The van der Waals surface area contributed by atoms with Crippen LogP contribution in [0.3, 0.4) is 0 Å². The summed E-state index contributed by atoms with van der Waals surface area (Å²) in [6.07, 6.45) is 0.645. The molecular weight excluding hydrogens is 445 g/mol. The molecule has 6 nitrogen and oxygen atoms in total. The van der Waals surface area contributed by atoms with Crippen molar-refractivity contribution in [3.8, 4) is 11.5 Å². The maximum absolute atomic E-state index is 13.6. The summed E-state index contributed by atoms with van der Waals surface area (Å²) in [6.45, 7) is 2.67. The van der Waals surface area contributed by atoms with Crippen molar-refractivity contribution in [3.05, 3.63) is 83.7 Å². The fourth-order valence-electron chi connectivity index (χ4n) is 5.20. The van der Waals surface area contributed by atoms with Gasteiger partial charge in [0.05, 0.1) is 26.2 Å². The molecule has 5 rings (SSSR count). The number of anilines is 2. The lowest BCUT2D eigenvalue weighted by molar-refractivity contribution is -0.126. The number of halogens is 1. The van der Waals surface area contributed by atoms with Gasteiger partial charge >= 0.3 is 0 Å². The number of methoxy groups -OCH3 is 2. The Morgan fingerprint density at radius 3 is 2.51 bits per heavy atom. The van der Waals surface area contributed by atoms with Crippen LogP contribution in [0.2, 0.25) is 0 Å². The molecule has 7 heteroatoms. The average Bonchev–Trinajstić information content (AvgIpc) is 2.90. The fourth-order valence-corrected chi connectivity index (χ4v) is 5.20. The van der Waals surface area contributed by atoms with Crippen molar-refractivity contribution in [2.45, 2.75) is 19.0 Å². The van der Waals surface area contributed by atoms with Gasteiger partial charge in [0.1, 0.15) is 17.3 Å². The van der Waals surface area contributed by atoms with Crippen molar-refractivity contribution in [1.29, 1.82) is 0 Å². The molecule has 1 N–H and O–H groups in total. The number of fused-ring (bicyclic) bond motifs is 3. The summed E-state index contributed by atoms with van der Waals surface area (Å²) in [7, 11) is 3.33. The van der Waals surface area contributed by atoms with E-state index in [0.29, 0.717) is 13.0 Å². The van der Waals surface area contributed by atoms with E-state index in [0.717, 1.165) is 53.6 Å². The molecule has 0 aromatic heterocycles. The van der Waals surface area contributed by atoms with E-state index in [1.54, 1.807) is 20.3 Å². The summed E-state index contributed by atoms with van der Waals surface area (Å²) >= 11 is 0. The summed E-state index contributed by atoms with van der Waals surface area (Å²) in [5, 5.41) is 3.06. The number of carbonyl (C=O) groups excluding carboxylic acids is 1. The SMILES string of the molecule is COc1ccc(N2CCN3c4cc(OC)ccc4C[C@H](C(=O)NCc4cccc(F)c4)[C@@H]3C2)cc1. The molecule has 3 aromatic rings. The molecule has 1 amide bonds. The summed E-state index contributed by atoms with van der Waals surface area (Å²) < 4.78 is 24.4. The highest BCUT2D eigenvalue weighted by molar-refractivity contribution is 5.82. The predicted molar refractivity (Wildman–Crippen MR) is 135 cm³/mol. The molecule has 2 heterocycles. The lowest BCUT2D eigenvalue weighted by Crippen LogP contribution is -2.61. The maximum Gasteiger partial charge on any atom is 0.225 e. The monoisotopic (exact) mass is 475 g/mol. The van der Waals surface area contributed by atoms with Gasteiger partial charge in [-0.15, -0.1) is 0 Å². The minimum absolute atomic E-state index is 0.00188. The number of carbonyl (C=O) groups is 1. The molecule has 35 heavy (non-hydrogen) atoms. The van der Waals surface area contributed by atoms with Crippen molar-refractivity contribution in [3.63, 3.8) is 0 Å². The maximum atomic E-state index is 13.6. The standard InChI is InChI=1S/C28H30FN3O3/c1-34-23-10-7-22(8-11-23)31-12-13-32-26-16-24(35-2)9-6-20(26)15-25(27(32)18-31)28(33)30-17-19-4-3-5-21(29)14-19/h3-11,14,16,25,27H,12-13,15,17-18H2,1-2H3,(H,30,33)/t25-,27-/m0/s1. The molecule has 0 bridgehead atoms. The van der Waals surface area contributed by atoms with Gasteiger partial charge in [0, 0.05) is 43.6 Å². The molecule has 0 radical (unpaired) electrons. The van der Waals surface area contributed by atoms with E-state index >= 15 is 0 Å². The third kappa shape index (κ3) is 4.76. The van der Waals surface area contributed by atoms with Gasteiger partial charge in [-0.05, 0) is 60.0 Å². The van der Waals surface area contributed by atoms with Crippen LogP contribution in [-0.4, -0.2) is 45.8 Å². The third-order valence-corrected chi connectivity index (χ3v) is 7.05.